The lowest BCUT2D eigenvalue weighted by molar-refractivity contribution is -0.143. The molecule has 2 N–H and O–H groups in total. The van der Waals surface area contributed by atoms with E-state index in [2.05, 4.69) is 15.9 Å². The summed E-state index contributed by atoms with van der Waals surface area (Å²) in [6.45, 7) is -1.45. The number of hydrogen-bond acceptors (Lipinski definition) is 2. The number of halogens is 5. The van der Waals surface area contributed by atoms with Crippen LogP contribution in [-0.2, 0) is 4.79 Å². The van der Waals surface area contributed by atoms with Crippen LogP contribution in [0.4, 0.5) is 17.6 Å². The van der Waals surface area contributed by atoms with Crippen molar-refractivity contribution in [3.05, 3.63) is 34.1 Å². The van der Waals surface area contributed by atoms with Crippen LogP contribution in [-0.4, -0.2) is 23.8 Å². The standard InChI is InChI=1S/C10H8BrF4NO2/c11-6-3-5(1-2-7(6)12)8(9(17)18)16-4-10(13,14)15/h1-3,8,16H,4H2,(H,17,18). The van der Waals surface area contributed by atoms with Crippen LogP contribution >= 0.6 is 15.9 Å². The second-order valence-electron chi connectivity index (χ2n) is 3.44. The lowest BCUT2D eigenvalue weighted by Gasteiger charge is -2.16. The maximum atomic E-state index is 12.9. The Morgan fingerprint density at radius 1 is 1.44 bits per heavy atom. The Labute approximate surface area is 108 Å². The fraction of sp³-hybridized carbons (Fsp3) is 0.300. The molecule has 0 bridgehead atoms. The Bertz CT molecular complexity index is 450. The highest BCUT2D eigenvalue weighted by atomic mass is 79.9. The molecule has 1 aromatic carbocycles. The van der Waals surface area contributed by atoms with Gasteiger partial charge in [0.2, 0.25) is 0 Å². The zero-order valence-electron chi connectivity index (χ0n) is 8.76. The molecule has 0 saturated heterocycles. The lowest BCUT2D eigenvalue weighted by atomic mass is 10.1. The van der Waals surface area contributed by atoms with Gasteiger partial charge in [0.1, 0.15) is 11.9 Å². The maximum absolute atomic E-state index is 12.9. The molecule has 3 nitrogen and oxygen atoms in total. The van der Waals surface area contributed by atoms with Crippen molar-refractivity contribution >= 4 is 21.9 Å². The minimum Gasteiger partial charge on any atom is -0.480 e. The van der Waals surface area contributed by atoms with E-state index < -0.39 is 30.5 Å². The first-order chi connectivity index (χ1) is 8.20. The molecule has 100 valence electrons. The van der Waals surface area contributed by atoms with E-state index in [9.17, 15) is 22.4 Å². The quantitative estimate of drug-likeness (QED) is 0.835. The fourth-order valence-electron chi connectivity index (χ4n) is 1.26. The third-order valence-corrected chi connectivity index (χ3v) is 2.64. The zero-order valence-corrected chi connectivity index (χ0v) is 10.3. The van der Waals surface area contributed by atoms with Crippen LogP contribution in [0.15, 0.2) is 22.7 Å². The van der Waals surface area contributed by atoms with Gasteiger partial charge in [-0.15, -0.1) is 0 Å². The van der Waals surface area contributed by atoms with Gasteiger partial charge in [0.25, 0.3) is 0 Å². The van der Waals surface area contributed by atoms with Gasteiger partial charge in [-0.1, -0.05) is 6.07 Å². The summed E-state index contributed by atoms with van der Waals surface area (Å²) in [5.74, 6) is -2.10. The van der Waals surface area contributed by atoms with E-state index in [0.717, 1.165) is 18.2 Å². The highest BCUT2D eigenvalue weighted by molar-refractivity contribution is 9.10. The van der Waals surface area contributed by atoms with Crippen LogP contribution in [0.5, 0.6) is 0 Å². The molecule has 0 aliphatic carbocycles. The van der Waals surface area contributed by atoms with Crippen molar-refractivity contribution in [1.82, 2.24) is 5.32 Å². The summed E-state index contributed by atoms with van der Waals surface area (Å²) in [4.78, 5) is 10.9. The molecule has 1 rings (SSSR count). The van der Waals surface area contributed by atoms with E-state index >= 15 is 0 Å². The number of rotatable bonds is 4. The molecule has 0 fully saturated rings. The number of alkyl halides is 3. The van der Waals surface area contributed by atoms with Crippen LogP contribution in [0.2, 0.25) is 0 Å². The molecule has 0 amide bonds. The van der Waals surface area contributed by atoms with Crippen LogP contribution in [0.25, 0.3) is 0 Å². The molecule has 0 heterocycles. The topological polar surface area (TPSA) is 49.3 Å². The molecule has 1 aromatic rings. The number of nitrogens with one attached hydrogen (secondary N) is 1. The first kappa shape index (κ1) is 14.9. The van der Waals surface area contributed by atoms with Crippen LogP contribution < -0.4 is 5.32 Å². The minimum atomic E-state index is -4.52. The highest BCUT2D eigenvalue weighted by Gasteiger charge is 2.30. The predicted octanol–water partition coefficient (Wildman–Crippen LogP) is 2.87. The van der Waals surface area contributed by atoms with Gasteiger partial charge >= 0.3 is 12.1 Å². The predicted molar refractivity (Wildman–Crippen MR) is 58.5 cm³/mol. The third-order valence-electron chi connectivity index (χ3n) is 2.03. The van der Waals surface area contributed by atoms with Gasteiger partial charge in [-0.3, -0.25) is 10.1 Å². The molecule has 1 unspecified atom stereocenters. The van der Waals surface area contributed by atoms with Gasteiger partial charge in [-0.05, 0) is 33.6 Å². The van der Waals surface area contributed by atoms with Crippen molar-refractivity contribution in [2.75, 3.05) is 6.54 Å². The fourth-order valence-corrected chi connectivity index (χ4v) is 1.65. The molecule has 0 aromatic heterocycles. The zero-order chi connectivity index (χ0) is 13.9. The lowest BCUT2D eigenvalue weighted by Crippen LogP contribution is -2.36. The Morgan fingerprint density at radius 3 is 2.50 bits per heavy atom. The summed E-state index contributed by atoms with van der Waals surface area (Å²) in [5, 5.41) is 10.7. The molecule has 0 saturated carbocycles. The summed E-state index contributed by atoms with van der Waals surface area (Å²) in [6.07, 6.45) is -4.52. The van der Waals surface area contributed by atoms with E-state index in [1.165, 1.54) is 0 Å². The SMILES string of the molecule is O=C(O)C(NCC(F)(F)F)c1ccc(F)c(Br)c1. The second-order valence-corrected chi connectivity index (χ2v) is 4.30. The van der Waals surface area contributed by atoms with E-state index in [1.54, 1.807) is 0 Å². The normalized spacial score (nSPS) is 13.4. The molecule has 0 radical (unpaired) electrons. The number of carboxylic acid groups (broad SMARTS) is 1. The number of aliphatic carboxylic acids is 1. The van der Waals surface area contributed by atoms with Crippen molar-refractivity contribution < 1.29 is 27.5 Å². The van der Waals surface area contributed by atoms with E-state index in [0.29, 0.717) is 0 Å². The van der Waals surface area contributed by atoms with Crippen LogP contribution in [0, 0.1) is 5.82 Å². The summed E-state index contributed by atoms with van der Waals surface area (Å²) in [5.41, 5.74) is 0.0278. The summed E-state index contributed by atoms with van der Waals surface area (Å²) < 4.78 is 49.0. The Balaban J connectivity index is 2.91. The third kappa shape index (κ3) is 4.26. The number of hydrogen-bond donors (Lipinski definition) is 2. The van der Waals surface area contributed by atoms with Gasteiger partial charge in [0.15, 0.2) is 0 Å². The van der Waals surface area contributed by atoms with Crippen molar-refractivity contribution in [3.63, 3.8) is 0 Å². The Morgan fingerprint density at radius 2 is 2.06 bits per heavy atom. The molecule has 0 aliphatic rings. The van der Waals surface area contributed by atoms with Crippen molar-refractivity contribution in [2.24, 2.45) is 0 Å². The smallest absolute Gasteiger partial charge is 0.401 e. The number of carbonyl (C=O) groups is 1. The number of carboxylic acids is 1. The minimum absolute atomic E-state index is 0.0138. The van der Waals surface area contributed by atoms with E-state index in [4.69, 9.17) is 5.11 Å². The Kier molecular flexibility index (Phi) is 4.69. The van der Waals surface area contributed by atoms with E-state index in [1.807, 2.05) is 5.32 Å². The van der Waals surface area contributed by atoms with Gasteiger partial charge in [-0.2, -0.15) is 13.2 Å². The van der Waals surface area contributed by atoms with Crippen molar-refractivity contribution in [1.29, 1.82) is 0 Å². The van der Waals surface area contributed by atoms with Crippen molar-refractivity contribution in [2.45, 2.75) is 12.2 Å². The summed E-state index contributed by atoms with van der Waals surface area (Å²) in [6, 6.07) is 1.66. The summed E-state index contributed by atoms with van der Waals surface area (Å²) >= 11 is 2.84. The second kappa shape index (κ2) is 5.66. The number of benzene rings is 1. The molecule has 18 heavy (non-hydrogen) atoms. The highest BCUT2D eigenvalue weighted by Crippen LogP contribution is 2.23. The van der Waals surface area contributed by atoms with Gasteiger partial charge < -0.3 is 5.11 Å². The molecule has 1 atom stereocenters. The summed E-state index contributed by atoms with van der Waals surface area (Å²) in [7, 11) is 0. The average Bonchev–Trinajstić information content (AvgIpc) is 2.21. The molecular formula is C10H8BrF4NO2. The molecule has 0 aliphatic heterocycles. The molecular weight excluding hydrogens is 322 g/mol. The average molecular weight is 330 g/mol. The molecule has 8 heteroatoms. The first-order valence-electron chi connectivity index (χ1n) is 4.68. The largest absolute Gasteiger partial charge is 0.480 e. The van der Waals surface area contributed by atoms with E-state index in [-0.39, 0.29) is 10.0 Å². The van der Waals surface area contributed by atoms with Gasteiger partial charge in [0, 0.05) is 0 Å². The van der Waals surface area contributed by atoms with Crippen LogP contribution in [0.1, 0.15) is 11.6 Å². The monoisotopic (exact) mass is 329 g/mol. The Hall–Kier alpha value is -1.15. The van der Waals surface area contributed by atoms with Gasteiger partial charge in [0.05, 0.1) is 11.0 Å². The van der Waals surface area contributed by atoms with Gasteiger partial charge in [-0.25, -0.2) is 4.39 Å². The van der Waals surface area contributed by atoms with Crippen LogP contribution in [0.3, 0.4) is 0 Å². The first-order valence-corrected chi connectivity index (χ1v) is 5.48. The molecule has 0 spiro atoms. The maximum Gasteiger partial charge on any atom is 0.401 e. The van der Waals surface area contributed by atoms with Crippen molar-refractivity contribution in [3.8, 4) is 0 Å².